The molecule has 0 amide bonds. The summed E-state index contributed by atoms with van der Waals surface area (Å²) in [4.78, 5) is 0. The maximum Gasteiger partial charge on any atom is 0.353 e. The fourth-order valence-corrected chi connectivity index (χ4v) is 4.53. The van der Waals surface area contributed by atoms with Gasteiger partial charge < -0.3 is 4.74 Å². The smallest absolute Gasteiger partial charge is 0.353 e. The van der Waals surface area contributed by atoms with E-state index in [9.17, 15) is 0 Å². The van der Waals surface area contributed by atoms with Gasteiger partial charge in [-0.1, -0.05) is 45.5 Å². The van der Waals surface area contributed by atoms with Gasteiger partial charge in [0, 0.05) is 36.2 Å². The first-order valence-electron chi connectivity index (χ1n) is 12.1. The number of nitrogens with zero attached hydrogens (tertiary/aromatic N) is 2. The van der Waals surface area contributed by atoms with Crippen LogP contribution in [0.2, 0.25) is 0 Å². The minimum atomic E-state index is 0.145. The van der Waals surface area contributed by atoms with Crippen LogP contribution in [0.25, 0.3) is 16.8 Å². The number of rotatable bonds is 10. The SMILES string of the molecule is C=C(C)O/C(CC)=C(/CC)c1cccc[n+]1C(CCC)[n+]1ccccc1-c1ccccc1C. The monoisotopic (exact) mass is 442 g/mol. The first kappa shape index (κ1) is 24.4. The highest BCUT2D eigenvalue weighted by molar-refractivity contribution is 5.63. The second kappa shape index (κ2) is 11.6. The second-order valence-electron chi connectivity index (χ2n) is 8.48. The molecule has 33 heavy (non-hydrogen) atoms. The molecule has 3 aromatic rings. The van der Waals surface area contributed by atoms with E-state index in [-0.39, 0.29) is 6.17 Å². The van der Waals surface area contributed by atoms with Crippen molar-refractivity contribution in [1.82, 2.24) is 0 Å². The largest absolute Gasteiger partial charge is 0.466 e. The highest BCUT2D eigenvalue weighted by Gasteiger charge is 2.34. The number of hydrogen-bond donors (Lipinski definition) is 0. The van der Waals surface area contributed by atoms with Crippen LogP contribution in [0.3, 0.4) is 0 Å². The lowest BCUT2D eigenvalue weighted by Gasteiger charge is -2.17. The molecule has 0 aliphatic rings. The van der Waals surface area contributed by atoms with Crippen molar-refractivity contribution in [3.05, 3.63) is 102 Å². The lowest BCUT2D eigenvalue weighted by molar-refractivity contribution is -0.941. The van der Waals surface area contributed by atoms with Crippen molar-refractivity contribution < 1.29 is 13.9 Å². The molecular formula is C30H38N2O+2. The van der Waals surface area contributed by atoms with Crippen LogP contribution in [-0.2, 0) is 4.74 Å². The molecule has 172 valence electrons. The summed E-state index contributed by atoms with van der Waals surface area (Å²) in [6.07, 6.45) is 8.39. The zero-order chi connectivity index (χ0) is 23.8. The summed E-state index contributed by atoms with van der Waals surface area (Å²) in [7, 11) is 0. The van der Waals surface area contributed by atoms with Gasteiger partial charge >= 0.3 is 6.17 Å². The maximum absolute atomic E-state index is 6.08. The Morgan fingerprint density at radius 1 is 0.879 bits per heavy atom. The molecule has 0 aliphatic heterocycles. The van der Waals surface area contributed by atoms with E-state index in [1.54, 1.807) is 0 Å². The van der Waals surface area contributed by atoms with E-state index in [4.69, 9.17) is 4.74 Å². The minimum Gasteiger partial charge on any atom is -0.466 e. The highest BCUT2D eigenvalue weighted by atomic mass is 16.5. The molecule has 1 aromatic carbocycles. The molecule has 0 bridgehead atoms. The molecular weight excluding hydrogens is 404 g/mol. The molecule has 0 aliphatic carbocycles. The van der Waals surface area contributed by atoms with Crippen LogP contribution < -0.4 is 9.13 Å². The number of benzene rings is 1. The predicted octanol–water partition coefficient (Wildman–Crippen LogP) is 7.17. The molecule has 3 heteroatoms. The van der Waals surface area contributed by atoms with Crippen LogP contribution in [-0.4, -0.2) is 0 Å². The molecule has 0 N–H and O–H groups in total. The summed E-state index contributed by atoms with van der Waals surface area (Å²) < 4.78 is 10.9. The van der Waals surface area contributed by atoms with Crippen molar-refractivity contribution in [2.45, 2.75) is 66.5 Å². The Hall–Kier alpha value is -3.20. The third-order valence-corrected chi connectivity index (χ3v) is 6.01. The van der Waals surface area contributed by atoms with Gasteiger partial charge in [0.15, 0.2) is 12.4 Å². The van der Waals surface area contributed by atoms with Crippen molar-refractivity contribution >= 4 is 5.57 Å². The number of allylic oxidation sites excluding steroid dienone is 3. The molecule has 0 spiro atoms. The zero-order valence-corrected chi connectivity index (χ0v) is 20.8. The van der Waals surface area contributed by atoms with Crippen molar-refractivity contribution in [1.29, 1.82) is 0 Å². The van der Waals surface area contributed by atoms with Crippen LogP contribution in [0.5, 0.6) is 0 Å². The standard InChI is InChI=1S/C30H38N2O/c1-7-16-30(32-22-15-13-20-28(32)26-18-11-10-17-24(26)6)31-21-14-12-19-27(31)25(8-2)29(9-3)33-23(4)5/h10-15,17-22,30H,4,7-9,16H2,1-3,5-6H3/q+2/b29-25-. The summed E-state index contributed by atoms with van der Waals surface area (Å²) in [6, 6.07) is 21.6. The van der Waals surface area contributed by atoms with Crippen LogP contribution in [0.1, 0.15) is 70.8 Å². The van der Waals surface area contributed by atoms with Gasteiger partial charge in [0.25, 0.3) is 0 Å². The average Bonchev–Trinajstić information content (AvgIpc) is 2.83. The highest BCUT2D eigenvalue weighted by Crippen LogP contribution is 2.26. The topological polar surface area (TPSA) is 17.0 Å². The Kier molecular flexibility index (Phi) is 8.59. The van der Waals surface area contributed by atoms with Crippen molar-refractivity contribution in [2.24, 2.45) is 0 Å². The summed E-state index contributed by atoms with van der Waals surface area (Å²) in [5.74, 6) is 1.72. The van der Waals surface area contributed by atoms with Crippen LogP contribution in [0, 0.1) is 6.92 Å². The van der Waals surface area contributed by atoms with Crippen molar-refractivity contribution in [3.8, 4) is 11.3 Å². The van der Waals surface area contributed by atoms with E-state index < -0.39 is 0 Å². The second-order valence-corrected chi connectivity index (χ2v) is 8.48. The summed E-state index contributed by atoms with van der Waals surface area (Å²) in [5.41, 5.74) is 6.21. The molecule has 0 radical (unpaired) electrons. The molecule has 2 aromatic heterocycles. The maximum atomic E-state index is 6.08. The number of hydrogen-bond acceptors (Lipinski definition) is 1. The summed E-state index contributed by atoms with van der Waals surface area (Å²) in [6.45, 7) is 14.7. The van der Waals surface area contributed by atoms with Gasteiger partial charge in [0.2, 0.25) is 11.4 Å². The van der Waals surface area contributed by atoms with Crippen LogP contribution in [0.4, 0.5) is 0 Å². The fourth-order valence-electron chi connectivity index (χ4n) is 4.53. The molecule has 1 unspecified atom stereocenters. The normalized spacial score (nSPS) is 12.8. The predicted molar refractivity (Wildman–Crippen MR) is 136 cm³/mol. The first-order chi connectivity index (χ1) is 16.0. The van der Waals surface area contributed by atoms with Gasteiger partial charge in [-0.2, -0.15) is 0 Å². The van der Waals surface area contributed by atoms with E-state index in [0.29, 0.717) is 0 Å². The molecule has 3 nitrogen and oxygen atoms in total. The average molecular weight is 443 g/mol. The number of pyridine rings is 2. The van der Waals surface area contributed by atoms with E-state index in [2.05, 4.69) is 116 Å². The summed E-state index contributed by atoms with van der Waals surface area (Å²) >= 11 is 0. The Morgan fingerprint density at radius 2 is 1.55 bits per heavy atom. The third kappa shape index (κ3) is 5.60. The lowest BCUT2D eigenvalue weighted by Crippen LogP contribution is -2.59. The van der Waals surface area contributed by atoms with E-state index in [1.807, 2.05) is 6.92 Å². The fraction of sp³-hybridized carbons (Fsp3) is 0.333. The Labute approximate surface area is 199 Å². The van der Waals surface area contributed by atoms with Gasteiger partial charge in [0.05, 0.1) is 17.8 Å². The zero-order valence-electron chi connectivity index (χ0n) is 20.8. The lowest BCUT2D eigenvalue weighted by atomic mass is 10.0. The van der Waals surface area contributed by atoms with E-state index in [0.717, 1.165) is 37.2 Å². The third-order valence-electron chi connectivity index (χ3n) is 6.01. The minimum absolute atomic E-state index is 0.145. The number of ether oxygens (including phenoxy) is 1. The Balaban J connectivity index is 2.24. The molecule has 1 atom stereocenters. The van der Waals surface area contributed by atoms with Crippen molar-refractivity contribution in [3.63, 3.8) is 0 Å². The molecule has 3 rings (SSSR count). The molecule has 0 saturated heterocycles. The summed E-state index contributed by atoms with van der Waals surface area (Å²) in [5, 5.41) is 0. The van der Waals surface area contributed by atoms with Crippen LogP contribution >= 0.6 is 0 Å². The van der Waals surface area contributed by atoms with Gasteiger partial charge in [-0.25, -0.2) is 0 Å². The van der Waals surface area contributed by atoms with Gasteiger partial charge in [-0.3, -0.25) is 0 Å². The first-order valence-corrected chi connectivity index (χ1v) is 12.1. The quantitative estimate of drug-likeness (QED) is 0.240. The molecule has 2 heterocycles. The van der Waals surface area contributed by atoms with Gasteiger partial charge in [-0.15, -0.1) is 9.13 Å². The molecule has 0 fully saturated rings. The van der Waals surface area contributed by atoms with E-state index >= 15 is 0 Å². The van der Waals surface area contributed by atoms with Crippen molar-refractivity contribution in [2.75, 3.05) is 0 Å². The van der Waals surface area contributed by atoms with Gasteiger partial charge in [0.1, 0.15) is 5.76 Å². The Morgan fingerprint density at radius 3 is 2.18 bits per heavy atom. The number of aryl methyl sites for hydroxylation is 1. The molecule has 0 saturated carbocycles. The Bertz CT molecular complexity index is 1130. The van der Waals surface area contributed by atoms with Crippen LogP contribution in [0.15, 0.2) is 91.2 Å². The van der Waals surface area contributed by atoms with Gasteiger partial charge in [-0.05, 0) is 50.5 Å². The van der Waals surface area contributed by atoms with E-state index in [1.165, 1.54) is 28.1 Å². The number of aromatic nitrogens is 2.